The predicted molar refractivity (Wildman–Crippen MR) is 65.6 cm³/mol. The third-order valence-electron chi connectivity index (χ3n) is 3.54. The number of piperidine rings is 1. The van der Waals surface area contributed by atoms with Gasteiger partial charge in [-0.05, 0) is 38.4 Å². The highest BCUT2D eigenvalue weighted by Gasteiger charge is 2.23. The summed E-state index contributed by atoms with van der Waals surface area (Å²) < 4.78 is 0. The quantitative estimate of drug-likeness (QED) is 0.829. The van der Waals surface area contributed by atoms with Crippen molar-refractivity contribution in [3.8, 4) is 0 Å². The number of pyridine rings is 1. The minimum absolute atomic E-state index is 0.0000999. The molecule has 1 N–H and O–H groups in total. The fraction of sp³-hybridized carbons (Fsp3) is 0.615. The minimum atomic E-state index is 0.0000999. The monoisotopic (exact) mass is 220 g/mol. The summed E-state index contributed by atoms with van der Waals surface area (Å²) in [5.41, 5.74) is 2.32. The average Bonchev–Trinajstić information content (AvgIpc) is 2.29. The Morgan fingerprint density at radius 3 is 2.94 bits per heavy atom. The second kappa shape index (κ2) is 4.83. The summed E-state index contributed by atoms with van der Waals surface area (Å²) in [4.78, 5) is 16.6. The van der Waals surface area contributed by atoms with E-state index in [0.717, 1.165) is 12.2 Å². The molecular formula is C13H20N2O. The summed E-state index contributed by atoms with van der Waals surface area (Å²) in [6.07, 6.45) is 3.80. The second-order valence-corrected chi connectivity index (χ2v) is 4.54. The van der Waals surface area contributed by atoms with Gasteiger partial charge < -0.3 is 4.98 Å². The smallest absolute Gasteiger partial charge is 0.248 e. The van der Waals surface area contributed by atoms with E-state index in [1.54, 1.807) is 6.07 Å². The van der Waals surface area contributed by atoms with Crippen molar-refractivity contribution in [3.63, 3.8) is 0 Å². The van der Waals surface area contributed by atoms with Gasteiger partial charge in [0, 0.05) is 17.8 Å². The predicted octanol–water partition coefficient (Wildman–Crippen LogP) is 2.23. The zero-order valence-electron chi connectivity index (χ0n) is 10.1. The molecule has 1 saturated heterocycles. The highest BCUT2D eigenvalue weighted by molar-refractivity contribution is 5.23. The summed E-state index contributed by atoms with van der Waals surface area (Å²) in [6, 6.07) is 4.13. The number of nitrogens with one attached hydrogen (secondary N) is 1. The molecule has 1 atom stereocenters. The van der Waals surface area contributed by atoms with Crippen LogP contribution in [0.25, 0.3) is 0 Å². The Balaban J connectivity index is 2.30. The molecule has 0 bridgehead atoms. The number of rotatable bonds is 2. The minimum Gasteiger partial charge on any atom is -0.326 e. The van der Waals surface area contributed by atoms with Crippen molar-refractivity contribution in [2.75, 3.05) is 13.1 Å². The first kappa shape index (κ1) is 11.4. The Morgan fingerprint density at radius 2 is 2.25 bits per heavy atom. The number of aromatic amines is 1. The Labute approximate surface area is 96.5 Å². The first-order valence-corrected chi connectivity index (χ1v) is 6.16. The molecule has 0 radical (unpaired) electrons. The van der Waals surface area contributed by atoms with E-state index in [0.29, 0.717) is 6.04 Å². The van der Waals surface area contributed by atoms with Gasteiger partial charge in [0.25, 0.3) is 0 Å². The molecule has 1 aliphatic rings. The molecule has 1 aliphatic heterocycles. The lowest BCUT2D eigenvalue weighted by atomic mass is 9.94. The Hall–Kier alpha value is -1.09. The average molecular weight is 220 g/mol. The molecule has 0 aromatic carbocycles. The van der Waals surface area contributed by atoms with Crippen LogP contribution in [-0.4, -0.2) is 23.0 Å². The number of hydrogen-bond donors (Lipinski definition) is 1. The van der Waals surface area contributed by atoms with Crippen LogP contribution in [0.1, 0.15) is 43.5 Å². The van der Waals surface area contributed by atoms with E-state index in [4.69, 9.17) is 0 Å². The van der Waals surface area contributed by atoms with Gasteiger partial charge in [-0.2, -0.15) is 0 Å². The van der Waals surface area contributed by atoms with Crippen LogP contribution in [-0.2, 0) is 0 Å². The largest absolute Gasteiger partial charge is 0.326 e. The molecule has 0 unspecified atom stereocenters. The lowest BCUT2D eigenvalue weighted by molar-refractivity contribution is 0.156. The molecule has 1 aromatic heterocycles. The summed E-state index contributed by atoms with van der Waals surface area (Å²) in [6.45, 7) is 6.47. The molecule has 1 fully saturated rings. The lowest BCUT2D eigenvalue weighted by Crippen LogP contribution is -2.34. The summed E-state index contributed by atoms with van der Waals surface area (Å²) >= 11 is 0. The van der Waals surface area contributed by atoms with Gasteiger partial charge in [-0.15, -0.1) is 0 Å². The maximum Gasteiger partial charge on any atom is 0.248 e. The van der Waals surface area contributed by atoms with Gasteiger partial charge in [0.2, 0.25) is 5.56 Å². The molecule has 2 heterocycles. The zero-order chi connectivity index (χ0) is 11.5. The number of aryl methyl sites for hydroxylation is 1. The van der Waals surface area contributed by atoms with Crippen LogP contribution in [0.4, 0.5) is 0 Å². The topological polar surface area (TPSA) is 36.1 Å². The van der Waals surface area contributed by atoms with Crippen LogP contribution in [0.5, 0.6) is 0 Å². The van der Waals surface area contributed by atoms with Gasteiger partial charge in [0.15, 0.2) is 0 Å². The molecule has 3 heteroatoms. The highest BCUT2D eigenvalue weighted by atomic mass is 16.1. The van der Waals surface area contributed by atoms with Crippen molar-refractivity contribution >= 4 is 0 Å². The normalized spacial score (nSPS) is 22.2. The maximum atomic E-state index is 11.2. The van der Waals surface area contributed by atoms with Crippen molar-refractivity contribution in [1.82, 2.24) is 9.88 Å². The van der Waals surface area contributed by atoms with Gasteiger partial charge >= 0.3 is 0 Å². The van der Waals surface area contributed by atoms with Crippen LogP contribution in [0.15, 0.2) is 16.9 Å². The molecule has 0 saturated carbocycles. The Kier molecular flexibility index (Phi) is 3.44. The van der Waals surface area contributed by atoms with Crippen LogP contribution in [0, 0.1) is 6.92 Å². The lowest BCUT2D eigenvalue weighted by Gasteiger charge is -2.35. The number of likely N-dealkylation sites (tertiary alicyclic amines) is 1. The second-order valence-electron chi connectivity index (χ2n) is 4.54. The molecule has 0 aliphatic carbocycles. The first-order chi connectivity index (χ1) is 7.72. The van der Waals surface area contributed by atoms with Gasteiger partial charge in [-0.25, -0.2) is 0 Å². The SMILES string of the molecule is CCN1CCCC[C@@H]1c1ccc(=O)[nH]c1C. The summed E-state index contributed by atoms with van der Waals surface area (Å²) in [5.74, 6) is 0. The van der Waals surface area contributed by atoms with Gasteiger partial charge in [0.1, 0.15) is 0 Å². The molecule has 88 valence electrons. The van der Waals surface area contributed by atoms with Crippen molar-refractivity contribution in [2.45, 2.75) is 39.2 Å². The van der Waals surface area contributed by atoms with Crippen LogP contribution < -0.4 is 5.56 Å². The van der Waals surface area contributed by atoms with E-state index in [9.17, 15) is 4.79 Å². The first-order valence-electron chi connectivity index (χ1n) is 6.16. The number of hydrogen-bond acceptors (Lipinski definition) is 2. The molecule has 2 rings (SSSR count). The van der Waals surface area contributed by atoms with E-state index >= 15 is 0 Å². The molecular weight excluding hydrogens is 200 g/mol. The number of H-pyrrole nitrogens is 1. The maximum absolute atomic E-state index is 11.2. The molecule has 16 heavy (non-hydrogen) atoms. The van der Waals surface area contributed by atoms with E-state index in [1.807, 2.05) is 13.0 Å². The van der Waals surface area contributed by atoms with Crippen molar-refractivity contribution < 1.29 is 0 Å². The van der Waals surface area contributed by atoms with Gasteiger partial charge in [-0.1, -0.05) is 19.4 Å². The van der Waals surface area contributed by atoms with E-state index in [-0.39, 0.29) is 5.56 Å². The highest BCUT2D eigenvalue weighted by Crippen LogP contribution is 2.31. The molecule has 3 nitrogen and oxygen atoms in total. The fourth-order valence-electron chi connectivity index (χ4n) is 2.67. The van der Waals surface area contributed by atoms with E-state index < -0.39 is 0 Å². The van der Waals surface area contributed by atoms with Gasteiger partial charge in [0.05, 0.1) is 0 Å². The van der Waals surface area contributed by atoms with Crippen LogP contribution in [0.2, 0.25) is 0 Å². The van der Waals surface area contributed by atoms with E-state index in [1.165, 1.54) is 31.4 Å². The van der Waals surface area contributed by atoms with Crippen LogP contribution in [0.3, 0.4) is 0 Å². The van der Waals surface area contributed by atoms with Crippen molar-refractivity contribution in [2.24, 2.45) is 0 Å². The molecule has 0 amide bonds. The molecule has 1 aromatic rings. The number of aromatic nitrogens is 1. The van der Waals surface area contributed by atoms with Crippen LogP contribution >= 0.6 is 0 Å². The van der Waals surface area contributed by atoms with Gasteiger partial charge in [-0.3, -0.25) is 9.69 Å². The summed E-state index contributed by atoms with van der Waals surface area (Å²) in [7, 11) is 0. The third kappa shape index (κ3) is 2.19. The number of nitrogens with zero attached hydrogens (tertiary/aromatic N) is 1. The summed E-state index contributed by atoms with van der Waals surface area (Å²) in [5, 5.41) is 0. The van der Waals surface area contributed by atoms with Crippen molar-refractivity contribution in [1.29, 1.82) is 0 Å². The molecule has 0 spiro atoms. The fourth-order valence-corrected chi connectivity index (χ4v) is 2.67. The standard InChI is InChI=1S/C13H20N2O/c1-3-15-9-5-4-6-12(15)11-7-8-13(16)14-10(11)2/h7-8,12H,3-6,9H2,1-2H3,(H,14,16)/t12-/m1/s1. The zero-order valence-corrected chi connectivity index (χ0v) is 10.1. The third-order valence-corrected chi connectivity index (χ3v) is 3.54. The Morgan fingerprint density at radius 1 is 1.44 bits per heavy atom. The van der Waals surface area contributed by atoms with Crippen molar-refractivity contribution in [3.05, 3.63) is 33.7 Å². The Bertz CT molecular complexity index is 411. The van der Waals surface area contributed by atoms with E-state index in [2.05, 4.69) is 16.8 Å².